The zero-order valence-electron chi connectivity index (χ0n) is 43.2. The van der Waals surface area contributed by atoms with Crippen molar-refractivity contribution in [2.45, 2.75) is 329 Å². The number of hydrogen-bond acceptors (Lipinski definition) is 2. The number of rotatable bonds is 53. The summed E-state index contributed by atoms with van der Waals surface area (Å²) in [5.41, 5.74) is 0. The number of allylic oxidation sites excluding steroid dienone is 3. The minimum absolute atomic E-state index is 0.0506. The van der Waals surface area contributed by atoms with Gasteiger partial charge in [-0.15, -0.1) is 0 Å². The maximum Gasteiger partial charge on any atom is 0.317 e. The number of hydrogen-bond donors (Lipinski definition) is 1. The highest BCUT2D eigenvalue weighted by atomic mass is 32.2. The summed E-state index contributed by atoms with van der Waals surface area (Å²) in [6.45, 7) is 6.87. The van der Waals surface area contributed by atoms with Crippen LogP contribution in [0.1, 0.15) is 329 Å². The summed E-state index contributed by atoms with van der Waals surface area (Å²) in [7, 11) is -4.18. The van der Waals surface area contributed by atoms with Crippen molar-refractivity contribution < 1.29 is 17.5 Å². The minimum Gasteiger partial charge on any atom is -0.281 e. The third kappa shape index (κ3) is 50.3. The van der Waals surface area contributed by atoms with E-state index in [0.29, 0.717) is 0 Å². The molecule has 63 heavy (non-hydrogen) atoms. The second kappa shape index (κ2) is 50.5. The number of unbranched alkanes of at least 4 members (excludes halogenated alkanes) is 45. The van der Waals surface area contributed by atoms with Crippen LogP contribution in [0.5, 0.6) is 0 Å². The van der Waals surface area contributed by atoms with Crippen LogP contribution in [0.15, 0.2) is 36.8 Å². The Morgan fingerprint density at radius 2 is 0.444 bits per heavy atom. The Balaban J connectivity index is 4.74. The van der Waals surface area contributed by atoms with Crippen molar-refractivity contribution in [2.24, 2.45) is 0 Å². The van der Waals surface area contributed by atoms with E-state index in [4.69, 9.17) is 0 Å². The summed E-state index contributed by atoms with van der Waals surface area (Å²) in [6, 6.07) is 0. The molecule has 0 aliphatic heterocycles. The summed E-state index contributed by atoms with van der Waals surface area (Å²) >= 11 is 0. The van der Waals surface area contributed by atoms with Gasteiger partial charge in [0.05, 0.1) is 0 Å². The van der Waals surface area contributed by atoms with Crippen LogP contribution in [0.3, 0.4) is 0 Å². The van der Waals surface area contributed by atoms with Crippen LogP contribution >= 0.6 is 0 Å². The fourth-order valence-electron chi connectivity index (χ4n) is 9.27. The highest BCUT2D eigenvalue weighted by Gasteiger charge is 2.26. The molecule has 0 atom stereocenters. The van der Waals surface area contributed by atoms with Gasteiger partial charge in [-0.1, -0.05) is 290 Å². The zero-order valence-corrected chi connectivity index (χ0v) is 44.0. The Morgan fingerprint density at radius 1 is 0.286 bits per heavy atom. The minimum atomic E-state index is -4.18. The largest absolute Gasteiger partial charge is 0.317 e. The molecule has 0 saturated heterocycles. The predicted octanol–water partition coefficient (Wildman–Crippen LogP) is 21.0. The molecule has 0 saturated carbocycles. The summed E-state index contributed by atoms with van der Waals surface area (Å²) in [5.74, 6) is -0.340. The number of nitrogens with zero attached hydrogens (tertiary/aromatic N) is 1. The Hall–Kier alpha value is -0.910. The molecule has 0 amide bonds. The molecule has 0 aromatic heterocycles. The van der Waals surface area contributed by atoms with Crippen molar-refractivity contribution in [3.05, 3.63) is 36.8 Å². The average molecular weight is 906 g/mol. The van der Waals surface area contributed by atoms with Gasteiger partial charge in [-0.2, -0.15) is 8.42 Å². The molecular weight excluding hydrogens is 791 g/mol. The molecule has 4 nitrogen and oxygen atoms in total. The highest BCUT2D eigenvalue weighted by molar-refractivity contribution is 7.85. The molecule has 0 aromatic rings. The van der Waals surface area contributed by atoms with Crippen LogP contribution in [0.4, 0.5) is 0 Å². The lowest BCUT2D eigenvalue weighted by atomic mass is 10.0. The van der Waals surface area contributed by atoms with Crippen LogP contribution in [0, 0.1) is 0 Å². The molecule has 0 rings (SSSR count). The first-order chi connectivity index (χ1) is 30.9. The summed E-state index contributed by atoms with van der Waals surface area (Å²) in [6.07, 6.45) is 76.5. The second-order valence-electron chi connectivity index (χ2n) is 20.1. The standard InChI is InChI=1S/C58H113NO3S/c1-4-7-10-13-16-19-22-25-28-31-34-37-40-43-46-49-52-55-59(58-63(60,61)62,56-53-50-47-44-41-38-35-32-29-26-23-20-17-14-11-8-5-2)57-54-51-48-45-42-39-36-33-30-27-24-21-18-15-12-9-6-3/h52-57H,4-51,58H2,1-3H3/p+1/b55-52+,56-53+,57-54+. The summed E-state index contributed by atoms with van der Waals surface area (Å²) < 4.78 is 35.1. The highest BCUT2D eigenvalue weighted by Crippen LogP contribution is 2.21. The third-order valence-electron chi connectivity index (χ3n) is 13.5. The number of quaternary nitrogens is 1. The molecule has 374 valence electrons. The van der Waals surface area contributed by atoms with E-state index in [0.717, 1.165) is 38.5 Å². The van der Waals surface area contributed by atoms with E-state index in [-0.39, 0.29) is 10.4 Å². The smallest absolute Gasteiger partial charge is 0.281 e. The quantitative estimate of drug-likeness (QED) is 0.0376. The van der Waals surface area contributed by atoms with E-state index in [2.05, 4.69) is 39.0 Å². The van der Waals surface area contributed by atoms with Gasteiger partial charge in [-0.05, 0) is 56.8 Å². The van der Waals surface area contributed by atoms with Crippen LogP contribution in [-0.2, 0) is 10.1 Å². The Kier molecular flexibility index (Phi) is 49.8. The van der Waals surface area contributed by atoms with E-state index in [1.807, 2.05) is 18.6 Å². The van der Waals surface area contributed by atoms with Gasteiger partial charge in [0.25, 0.3) is 0 Å². The predicted molar refractivity (Wildman–Crippen MR) is 283 cm³/mol. The normalized spacial score (nSPS) is 12.6. The lowest BCUT2D eigenvalue weighted by molar-refractivity contribution is -0.760. The molecular formula is C58H114NO3S+. The van der Waals surface area contributed by atoms with Gasteiger partial charge >= 0.3 is 10.1 Å². The maximum atomic E-state index is 12.4. The van der Waals surface area contributed by atoms with Gasteiger partial charge in [0.2, 0.25) is 5.88 Å². The average Bonchev–Trinajstić information content (AvgIpc) is 3.26. The fraction of sp³-hybridized carbons (Fsp3) is 0.897. The van der Waals surface area contributed by atoms with E-state index < -0.39 is 10.1 Å². The molecule has 5 heteroatoms. The third-order valence-corrected chi connectivity index (χ3v) is 14.2. The first-order valence-corrected chi connectivity index (χ1v) is 30.4. The molecule has 0 aliphatic rings. The zero-order chi connectivity index (χ0) is 45.9. The lowest BCUT2D eigenvalue weighted by Crippen LogP contribution is -2.36. The Morgan fingerprint density at radius 3 is 0.603 bits per heavy atom. The molecule has 0 aromatic carbocycles. The monoisotopic (exact) mass is 905 g/mol. The van der Waals surface area contributed by atoms with Crippen molar-refractivity contribution >= 4 is 10.1 Å². The van der Waals surface area contributed by atoms with Crippen molar-refractivity contribution in [1.29, 1.82) is 0 Å². The van der Waals surface area contributed by atoms with Crippen LogP contribution in [0.2, 0.25) is 0 Å². The van der Waals surface area contributed by atoms with E-state index in [1.54, 1.807) is 0 Å². The fourth-order valence-corrected chi connectivity index (χ4v) is 10.1. The molecule has 0 radical (unpaired) electrons. The van der Waals surface area contributed by atoms with Crippen LogP contribution in [0.25, 0.3) is 0 Å². The van der Waals surface area contributed by atoms with Gasteiger partial charge in [-0.25, -0.2) is 4.48 Å². The van der Waals surface area contributed by atoms with Crippen molar-refractivity contribution in [2.75, 3.05) is 5.88 Å². The second-order valence-corrected chi connectivity index (χ2v) is 21.5. The van der Waals surface area contributed by atoms with E-state index in [1.165, 1.54) is 270 Å². The molecule has 0 bridgehead atoms. The van der Waals surface area contributed by atoms with Crippen molar-refractivity contribution in [3.8, 4) is 0 Å². The first-order valence-electron chi connectivity index (χ1n) is 28.7. The first kappa shape index (κ1) is 62.1. The van der Waals surface area contributed by atoms with E-state index in [9.17, 15) is 13.0 Å². The Labute approximate surface area is 397 Å². The van der Waals surface area contributed by atoms with E-state index >= 15 is 0 Å². The van der Waals surface area contributed by atoms with Crippen LogP contribution in [-0.4, -0.2) is 23.3 Å². The molecule has 0 heterocycles. The van der Waals surface area contributed by atoms with Crippen molar-refractivity contribution in [3.63, 3.8) is 0 Å². The van der Waals surface area contributed by atoms with Gasteiger partial charge in [-0.3, -0.25) is 4.55 Å². The molecule has 1 N–H and O–H groups in total. The van der Waals surface area contributed by atoms with Gasteiger partial charge < -0.3 is 0 Å². The molecule has 0 aliphatic carbocycles. The molecule has 0 fully saturated rings. The Bertz CT molecular complexity index is 974. The van der Waals surface area contributed by atoms with Gasteiger partial charge in [0.1, 0.15) is 18.6 Å². The summed E-state index contributed by atoms with van der Waals surface area (Å²) in [5, 5.41) is 0. The molecule has 0 unspecified atom stereocenters. The van der Waals surface area contributed by atoms with Crippen LogP contribution < -0.4 is 0 Å². The van der Waals surface area contributed by atoms with Gasteiger partial charge in [0, 0.05) is 0 Å². The SMILES string of the molecule is CCCCCCCCCCCCCCCCC/C=C/[N+](/C=C/CCCCCCCCCCCCCCCCC)(/C=C/CCCCCCCCCCCCCCCCC)CS(=O)(=O)O. The summed E-state index contributed by atoms with van der Waals surface area (Å²) in [4.78, 5) is 0. The van der Waals surface area contributed by atoms with Gasteiger partial charge in [0.15, 0.2) is 0 Å². The topological polar surface area (TPSA) is 54.4 Å². The maximum absolute atomic E-state index is 12.4. The molecule has 0 spiro atoms. The lowest BCUT2D eigenvalue weighted by Gasteiger charge is -2.25. The van der Waals surface area contributed by atoms with Crippen molar-refractivity contribution in [1.82, 2.24) is 0 Å².